The van der Waals surface area contributed by atoms with Gasteiger partial charge in [-0.15, -0.1) is 22.6 Å². The predicted molar refractivity (Wildman–Crippen MR) is 137 cm³/mol. The molecule has 0 spiro atoms. The maximum Gasteiger partial charge on any atom is 0.253 e. The molecule has 2 aromatic heterocycles. The molecule has 1 aliphatic rings. The third-order valence-electron chi connectivity index (χ3n) is 6.62. The van der Waals surface area contributed by atoms with Gasteiger partial charge in [-0.3, -0.25) is 9.48 Å². The largest absolute Gasteiger partial charge is 0.354 e. The molecule has 1 fully saturated rings. The number of aromatic nitrogens is 4. The van der Waals surface area contributed by atoms with Crippen molar-refractivity contribution in [3.8, 4) is 17.5 Å². The zero-order chi connectivity index (χ0) is 23.7. The summed E-state index contributed by atoms with van der Waals surface area (Å²) in [5, 5.41) is 24.6. The van der Waals surface area contributed by atoms with Gasteiger partial charge in [0.25, 0.3) is 5.91 Å². The van der Waals surface area contributed by atoms with Crippen LogP contribution in [0.3, 0.4) is 0 Å². The van der Waals surface area contributed by atoms with Gasteiger partial charge in [-0.05, 0) is 43.2 Å². The molecular weight excluding hydrogens is 462 g/mol. The summed E-state index contributed by atoms with van der Waals surface area (Å²) in [7, 11) is 3.76. The second-order valence-corrected chi connectivity index (χ2v) is 8.58. The van der Waals surface area contributed by atoms with E-state index in [1.807, 2.05) is 41.9 Å². The van der Waals surface area contributed by atoms with Gasteiger partial charge in [-0.1, -0.05) is 24.3 Å². The number of piperidine rings is 1. The number of nitriles is 1. The molecule has 178 valence electrons. The lowest BCUT2D eigenvalue weighted by atomic mass is 10.0. The van der Waals surface area contributed by atoms with E-state index in [0.29, 0.717) is 11.1 Å². The number of hydrogen-bond acceptors (Lipinski definition) is 6. The molecule has 8 nitrogen and oxygen atoms in total. The van der Waals surface area contributed by atoms with Crippen LogP contribution in [0.15, 0.2) is 60.8 Å². The minimum atomic E-state index is -0.0197. The maximum absolute atomic E-state index is 12.9. The van der Waals surface area contributed by atoms with Gasteiger partial charge in [0, 0.05) is 55.8 Å². The van der Waals surface area contributed by atoms with Crippen LogP contribution in [0.25, 0.3) is 22.2 Å². The second-order valence-electron chi connectivity index (χ2n) is 8.58. The fraction of sp³-hybridized carbons (Fsp3) is 0.269. The highest BCUT2D eigenvalue weighted by molar-refractivity contribution is 6.00. The molecular formula is C26H26ClN7O. The lowest BCUT2D eigenvalue weighted by Crippen LogP contribution is -2.46. The number of carbonyl (C=O) groups excluding carboxylic acids is 1. The van der Waals surface area contributed by atoms with Crippen LogP contribution in [0.5, 0.6) is 0 Å². The summed E-state index contributed by atoms with van der Waals surface area (Å²) < 4.78 is 1.81. The van der Waals surface area contributed by atoms with Crippen LogP contribution in [0.4, 0.5) is 5.82 Å². The van der Waals surface area contributed by atoms with Gasteiger partial charge in [-0.25, -0.2) is 0 Å². The van der Waals surface area contributed by atoms with Crippen LogP contribution in [0.1, 0.15) is 28.8 Å². The van der Waals surface area contributed by atoms with Crippen LogP contribution in [0.2, 0.25) is 0 Å². The third-order valence-corrected chi connectivity index (χ3v) is 6.62. The number of carbonyl (C=O) groups is 1. The second kappa shape index (κ2) is 10.1. The highest BCUT2D eigenvalue weighted by atomic mass is 35.5. The van der Waals surface area contributed by atoms with Gasteiger partial charge in [0.2, 0.25) is 0 Å². The molecule has 1 aliphatic heterocycles. The quantitative estimate of drug-likeness (QED) is 0.431. The molecule has 4 aromatic rings. The van der Waals surface area contributed by atoms with Crippen molar-refractivity contribution < 1.29 is 4.79 Å². The Bertz CT molecular complexity index is 1390. The average molecular weight is 488 g/mol. The SMILES string of the molecule is CN(C(=O)c1ccc(C#N)cc1)C1CCN(c2nnc(-c3ccnn3C)c3ccccc23)CC1.Cl. The Hall–Kier alpha value is -3.96. The molecule has 3 heterocycles. The molecule has 0 radical (unpaired) electrons. The standard InChI is InChI=1S/C26H25N7O.ClH/c1-31(26(34)19-9-7-18(17-27)8-10-19)20-12-15-33(16-13-20)25-22-6-4-3-5-21(22)24(29-30-25)23-11-14-28-32(23)2;/h3-11,14,20H,12-13,15-16H2,1-2H3;1H. The molecule has 1 amide bonds. The van der Waals surface area contributed by atoms with Crippen molar-refractivity contribution in [2.24, 2.45) is 7.05 Å². The molecule has 0 atom stereocenters. The van der Waals surface area contributed by atoms with E-state index in [9.17, 15) is 4.79 Å². The van der Waals surface area contributed by atoms with Crippen LogP contribution in [-0.4, -0.2) is 57.0 Å². The Kier molecular flexibility index (Phi) is 6.99. The molecule has 35 heavy (non-hydrogen) atoms. The van der Waals surface area contributed by atoms with E-state index in [0.717, 1.165) is 53.9 Å². The summed E-state index contributed by atoms with van der Waals surface area (Å²) in [6, 6.07) is 19.2. The summed E-state index contributed by atoms with van der Waals surface area (Å²) in [4.78, 5) is 17.0. The lowest BCUT2D eigenvalue weighted by molar-refractivity contribution is 0.0709. The van der Waals surface area contributed by atoms with E-state index in [1.165, 1.54) is 0 Å². The van der Waals surface area contributed by atoms with Gasteiger partial charge in [-0.2, -0.15) is 10.4 Å². The molecule has 0 N–H and O–H groups in total. The summed E-state index contributed by atoms with van der Waals surface area (Å²) in [6.45, 7) is 1.58. The minimum Gasteiger partial charge on any atom is -0.354 e. The predicted octanol–water partition coefficient (Wildman–Crippen LogP) is 4.06. The van der Waals surface area contributed by atoms with Crippen LogP contribution >= 0.6 is 12.4 Å². The van der Waals surface area contributed by atoms with E-state index in [4.69, 9.17) is 5.26 Å². The summed E-state index contributed by atoms with van der Waals surface area (Å²) in [5.74, 6) is 0.856. The number of halogens is 1. The van der Waals surface area contributed by atoms with Crippen LogP contribution in [0, 0.1) is 11.3 Å². The maximum atomic E-state index is 12.9. The number of amides is 1. The first-order valence-electron chi connectivity index (χ1n) is 11.3. The first-order chi connectivity index (χ1) is 16.6. The zero-order valence-corrected chi connectivity index (χ0v) is 20.4. The molecule has 5 rings (SSSR count). The number of aryl methyl sites for hydroxylation is 1. The van der Waals surface area contributed by atoms with Crippen molar-refractivity contribution in [2.75, 3.05) is 25.0 Å². The van der Waals surface area contributed by atoms with Crippen LogP contribution in [-0.2, 0) is 7.05 Å². The van der Waals surface area contributed by atoms with Gasteiger partial charge in [0.05, 0.1) is 17.3 Å². The third kappa shape index (κ3) is 4.55. The Balaban J connectivity index is 0.00000289. The van der Waals surface area contributed by atoms with E-state index in [1.54, 1.807) is 30.5 Å². The Morgan fingerprint density at radius 1 is 1.03 bits per heavy atom. The zero-order valence-electron chi connectivity index (χ0n) is 19.6. The molecule has 9 heteroatoms. The van der Waals surface area contributed by atoms with E-state index >= 15 is 0 Å². The highest BCUT2D eigenvalue weighted by Crippen LogP contribution is 2.32. The molecule has 0 aliphatic carbocycles. The number of benzene rings is 2. The normalized spacial score (nSPS) is 13.8. The van der Waals surface area contributed by atoms with E-state index in [-0.39, 0.29) is 24.4 Å². The minimum absolute atomic E-state index is 0. The van der Waals surface area contributed by atoms with Gasteiger partial charge >= 0.3 is 0 Å². The van der Waals surface area contributed by atoms with E-state index < -0.39 is 0 Å². The number of rotatable bonds is 4. The number of nitrogens with zero attached hydrogens (tertiary/aromatic N) is 7. The van der Waals surface area contributed by atoms with Crippen LogP contribution < -0.4 is 4.90 Å². The Morgan fingerprint density at radius 2 is 1.71 bits per heavy atom. The fourth-order valence-corrected chi connectivity index (χ4v) is 4.64. The first kappa shape index (κ1) is 24.2. The Morgan fingerprint density at radius 3 is 2.34 bits per heavy atom. The number of anilines is 1. The topological polar surface area (TPSA) is 90.9 Å². The monoisotopic (exact) mass is 487 g/mol. The lowest BCUT2D eigenvalue weighted by Gasteiger charge is -2.37. The van der Waals surface area contributed by atoms with Crippen molar-refractivity contribution in [2.45, 2.75) is 18.9 Å². The fourth-order valence-electron chi connectivity index (χ4n) is 4.64. The summed E-state index contributed by atoms with van der Waals surface area (Å²) >= 11 is 0. The Labute approximate surface area is 210 Å². The average Bonchev–Trinajstić information content (AvgIpc) is 3.32. The highest BCUT2D eigenvalue weighted by Gasteiger charge is 2.28. The first-order valence-corrected chi connectivity index (χ1v) is 11.3. The molecule has 0 bridgehead atoms. The molecule has 1 saturated heterocycles. The van der Waals surface area contributed by atoms with Gasteiger partial charge in [0.15, 0.2) is 5.82 Å². The number of fused-ring (bicyclic) bond motifs is 1. The molecule has 2 aromatic carbocycles. The number of hydrogen-bond donors (Lipinski definition) is 0. The van der Waals surface area contributed by atoms with E-state index in [2.05, 4.69) is 38.4 Å². The van der Waals surface area contributed by atoms with Gasteiger partial charge in [0.1, 0.15) is 5.69 Å². The summed E-state index contributed by atoms with van der Waals surface area (Å²) in [5.41, 5.74) is 2.90. The smallest absolute Gasteiger partial charge is 0.253 e. The van der Waals surface area contributed by atoms with Crippen molar-refractivity contribution in [3.63, 3.8) is 0 Å². The molecule has 0 unspecified atom stereocenters. The van der Waals surface area contributed by atoms with Gasteiger partial charge < -0.3 is 9.80 Å². The van der Waals surface area contributed by atoms with Crippen molar-refractivity contribution in [1.29, 1.82) is 5.26 Å². The van der Waals surface area contributed by atoms with Crippen molar-refractivity contribution in [3.05, 3.63) is 71.9 Å². The summed E-state index contributed by atoms with van der Waals surface area (Å²) in [6.07, 6.45) is 3.45. The van der Waals surface area contributed by atoms with Crippen molar-refractivity contribution in [1.82, 2.24) is 24.9 Å². The molecule has 0 saturated carbocycles. The van der Waals surface area contributed by atoms with Crippen molar-refractivity contribution >= 4 is 34.9 Å².